The highest BCUT2D eigenvalue weighted by Gasteiger charge is 2.21. The minimum absolute atomic E-state index is 0.0877. The van der Waals surface area contributed by atoms with Crippen molar-refractivity contribution >= 4 is 23.8 Å². The fraction of sp³-hybridized carbons (Fsp3) is 0.882. The van der Waals surface area contributed by atoms with Crippen LogP contribution in [0.4, 0.5) is 0 Å². The lowest BCUT2D eigenvalue weighted by Crippen LogP contribution is -2.49. The molecule has 0 aromatic rings. The highest BCUT2D eigenvalue weighted by Crippen LogP contribution is 2.13. The van der Waals surface area contributed by atoms with Crippen molar-refractivity contribution in [2.75, 3.05) is 85.1 Å². The number of amides is 1. The van der Waals surface area contributed by atoms with Crippen LogP contribution in [-0.4, -0.2) is 144 Å². The first kappa shape index (κ1) is 41.7. The van der Waals surface area contributed by atoms with E-state index in [1.54, 1.807) is 14.7 Å². The highest BCUT2D eigenvalue weighted by molar-refractivity contribution is 5.78. The molecule has 0 aromatic heterocycles. The van der Waals surface area contributed by atoms with E-state index in [1.165, 1.54) is 89.9 Å². The Morgan fingerprint density at radius 1 is 0.435 bits per heavy atom. The highest BCUT2D eigenvalue weighted by atomic mass is 16.4. The molecule has 0 spiro atoms. The summed E-state index contributed by atoms with van der Waals surface area (Å²) in [6.45, 7) is 5.60. The lowest BCUT2D eigenvalue weighted by molar-refractivity contribution is -0.140. The molecule has 0 bridgehead atoms. The maximum absolute atomic E-state index is 12.8. The van der Waals surface area contributed by atoms with Gasteiger partial charge in [0.25, 0.3) is 0 Å². The minimum Gasteiger partial charge on any atom is -0.480 e. The molecule has 1 rings (SSSR count). The predicted octanol–water partition coefficient (Wildman–Crippen LogP) is 3.84. The lowest BCUT2D eigenvalue weighted by Gasteiger charge is -2.32. The van der Waals surface area contributed by atoms with Crippen LogP contribution < -0.4 is 5.32 Å². The lowest BCUT2D eigenvalue weighted by atomic mass is 10.0. The maximum atomic E-state index is 12.8. The minimum atomic E-state index is -0.988. The Hall–Kier alpha value is -2.28. The molecule has 1 amide bonds. The zero-order valence-corrected chi connectivity index (χ0v) is 28.8. The molecule has 1 aliphatic heterocycles. The van der Waals surface area contributed by atoms with E-state index >= 15 is 0 Å². The standard InChI is InChI=1S/C34H65N5O7/c1-2-3-4-5-6-7-8-9-10-11-12-13-14-15-16-17-18-35-31(40)27-36-19-21-37(28-32(41)42)23-25-39(30-34(45)46)26-24-38(22-20-36)29-33(43)44/h2-30H2,1H3,(H,35,40)(H,41,42)(H,43,44)(H,45,46). The zero-order chi connectivity index (χ0) is 33.8. The van der Waals surface area contributed by atoms with Crippen LogP contribution in [0.5, 0.6) is 0 Å². The summed E-state index contributed by atoms with van der Waals surface area (Å²) >= 11 is 0. The Morgan fingerprint density at radius 3 is 0.978 bits per heavy atom. The molecular weight excluding hydrogens is 590 g/mol. The Morgan fingerprint density at radius 2 is 0.696 bits per heavy atom. The molecule has 4 N–H and O–H groups in total. The van der Waals surface area contributed by atoms with Crippen LogP contribution in [0.15, 0.2) is 0 Å². The molecule has 46 heavy (non-hydrogen) atoms. The van der Waals surface area contributed by atoms with E-state index in [2.05, 4.69) is 12.2 Å². The van der Waals surface area contributed by atoms with Crippen molar-refractivity contribution < 1.29 is 34.5 Å². The van der Waals surface area contributed by atoms with Gasteiger partial charge in [-0.3, -0.25) is 38.8 Å². The summed E-state index contributed by atoms with van der Waals surface area (Å²) in [5, 5.41) is 31.1. The molecule has 1 aliphatic rings. The van der Waals surface area contributed by atoms with Gasteiger partial charge in [0.15, 0.2) is 0 Å². The third-order valence-corrected chi connectivity index (χ3v) is 8.73. The molecule has 1 saturated heterocycles. The SMILES string of the molecule is CCCCCCCCCCCCCCCCCCNC(=O)CN1CCN(CC(=O)O)CCN(CC(=O)O)CCN(CC(=O)O)CC1. The summed E-state index contributed by atoms with van der Waals surface area (Å²) in [7, 11) is 0. The van der Waals surface area contributed by atoms with Gasteiger partial charge in [-0.2, -0.15) is 0 Å². The van der Waals surface area contributed by atoms with Crippen molar-refractivity contribution in [1.82, 2.24) is 24.9 Å². The summed E-state index contributed by atoms with van der Waals surface area (Å²) < 4.78 is 0. The normalized spacial score (nSPS) is 16.5. The average Bonchev–Trinajstić information content (AvgIpc) is 2.99. The molecule has 0 aromatic carbocycles. The van der Waals surface area contributed by atoms with Crippen molar-refractivity contribution in [3.05, 3.63) is 0 Å². The van der Waals surface area contributed by atoms with E-state index in [4.69, 9.17) is 0 Å². The van der Waals surface area contributed by atoms with Crippen molar-refractivity contribution in [2.24, 2.45) is 0 Å². The number of carboxylic acids is 3. The first-order chi connectivity index (χ1) is 22.2. The van der Waals surface area contributed by atoms with Crippen LogP contribution in [0.2, 0.25) is 0 Å². The number of nitrogens with one attached hydrogen (secondary N) is 1. The van der Waals surface area contributed by atoms with Gasteiger partial charge >= 0.3 is 17.9 Å². The second-order valence-electron chi connectivity index (χ2n) is 12.9. The van der Waals surface area contributed by atoms with Crippen LogP contribution in [0.1, 0.15) is 110 Å². The van der Waals surface area contributed by atoms with Crippen LogP contribution in [-0.2, 0) is 19.2 Å². The summed E-state index contributed by atoms with van der Waals surface area (Å²) in [5.41, 5.74) is 0. The Balaban J connectivity index is 2.35. The molecule has 12 nitrogen and oxygen atoms in total. The summed E-state index contributed by atoms with van der Waals surface area (Å²) in [6.07, 6.45) is 20.8. The van der Waals surface area contributed by atoms with E-state index < -0.39 is 17.9 Å². The third-order valence-electron chi connectivity index (χ3n) is 8.73. The van der Waals surface area contributed by atoms with Gasteiger partial charge in [0.05, 0.1) is 26.2 Å². The van der Waals surface area contributed by atoms with Crippen LogP contribution >= 0.6 is 0 Å². The van der Waals surface area contributed by atoms with Crippen LogP contribution in [0.3, 0.4) is 0 Å². The van der Waals surface area contributed by atoms with Gasteiger partial charge in [-0.05, 0) is 6.42 Å². The molecule has 1 fully saturated rings. The number of carboxylic acid groups (broad SMARTS) is 3. The van der Waals surface area contributed by atoms with Crippen molar-refractivity contribution in [2.45, 2.75) is 110 Å². The van der Waals surface area contributed by atoms with Gasteiger partial charge in [-0.25, -0.2) is 0 Å². The molecule has 0 radical (unpaired) electrons. The third kappa shape index (κ3) is 24.9. The molecule has 0 saturated carbocycles. The smallest absolute Gasteiger partial charge is 0.317 e. The second-order valence-corrected chi connectivity index (χ2v) is 12.9. The molecule has 268 valence electrons. The number of aliphatic carboxylic acids is 3. The Bertz CT molecular complexity index is 800. The van der Waals surface area contributed by atoms with E-state index in [1.807, 2.05) is 4.90 Å². The van der Waals surface area contributed by atoms with E-state index in [-0.39, 0.29) is 32.1 Å². The number of hydrogen-bond donors (Lipinski definition) is 4. The Labute approximate surface area is 277 Å². The predicted molar refractivity (Wildman–Crippen MR) is 181 cm³/mol. The molecule has 12 heteroatoms. The topological polar surface area (TPSA) is 154 Å². The van der Waals surface area contributed by atoms with Gasteiger partial charge in [0.2, 0.25) is 5.91 Å². The first-order valence-electron chi connectivity index (χ1n) is 18.0. The quantitative estimate of drug-likeness (QED) is 0.106. The molecule has 1 heterocycles. The fourth-order valence-electron chi connectivity index (χ4n) is 5.94. The maximum Gasteiger partial charge on any atom is 0.317 e. The van der Waals surface area contributed by atoms with Gasteiger partial charge in [0, 0.05) is 58.9 Å². The van der Waals surface area contributed by atoms with Gasteiger partial charge in [0.1, 0.15) is 0 Å². The van der Waals surface area contributed by atoms with Gasteiger partial charge in [-0.1, -0.05) is 103 Å². The summed E-state index contributed by atoms with van der Waals surface area (Å²) in [6, 6.07) is 0. The largest absolute Gasteiger partial charge is 0.480 e. The van der Waals surface area contributed by atoms with E-state index in [0.29, 0.717) is 58.9 Å². The van der Waals surface area contributed by atoms with Crippen molar-refractivity contribution in [3.63, 3.8) is 0 Å². The van der Waals surface area contributed by atoms with Crippen LogP contribution in [0.25, 0.3) is 0 Å². The second kappa shape index (κ2) is 27.8. The summed E-state index contributed by atoms with van der Waals surface area (Å²) in [4.78, 5) is 54.2. The number of rotatable bonds is 25. The van der Waals surface area contributed by atoms with E-state index in [9.17, 15) is 34.5 Å². The summed E-state index contributed by atoms with van der Waals surface area (Å²) in [5.74, 6) is -3.01. The van der Waals surface area contributed by atoms with Crippen LogP contribution in [0, 0.1) is 0 Å². The van der Waals surface area contributed by atoms with Gasteiger partial charge < -0.3 is 20.6 Å². The Kier molecular flexibility index (Phi) is 25.2. The number of carbonyl (C=O) groups excluding carboxylic acids is 1. The average molecular weight is 656 g/mol. The number of hydrogen-bond acceptors (Lipinski definition) is 8. The van der Waals surface area contributed by atoms with Crippen molar-refractivity contribution in [3.8, 4) is 0 Å². The molecule has 0 aliphatic carbocycles. The molecule has 0 unspecified atom stereocenters. The zero-order valence-electron chi connectivity index (χ0n) is 28.8. The van der Waals surface area contributed by atoms with Crippen molar-refractivity contribution in [1.29, 1.82) is 0 Å². The molecular formula is C34H65N5O7. The molecule has 0 atom stereocenters. The number of carbonyl (C=O) groups is 4. The number of nitrogens with zero attached hydrogens (tertiary/aromatic N) is 4. The number of unbranched alkanes of at least 4 members (excludes halogenated alkanes) is 15. The monoisotopic (exact) mass is 655 g/mol. The van der Waals surface area contributed by atoms with E-state index in [0.717, 1.165) is 12.8 Å². The van der Waals surface area contributed by atoms with Gasteiger partial charge in [-0.15, -0.1) is 0 Å². The fourth-order valence-corrected chi connectivity index (χ4v) is 5.94. The first-order valence-corrected chi connectivity index (χ1v) is 18.0.